The number of aliphatic imine (C=N–C) groups is 1. The zero-order valence-corrected chi connectivity index (χ0v) is 16.8. The lowest BCUT2D eigenvalue weighted by Gasteiger charge is -2.20. The van der Waals surface area contributed by atoms with Crippen LogP contribution < -0.4 is 5.32 Å². The van der Waals surface area contributed by atoms with Gasteiger partial charge in [-0.05, 0) is 63.1 Å². The zero-order chi connectivity index (χ0) is 19.8. The van der Waals surface area contributed by atoms with E-state index >= 15 is 0 Å². The number of pyridine rings is 2. The number of aromatic amines is 1. The molecule has 3 aromatic rings. The number of hydrogen-bond donors (Lipinski definition) is 2. The molecule has 2 aliphatic heterocycles. The van der Waals surface area contributed by atoms with Crippen molar-refractivity contribution >= 4 is 17.3 Å². The molecule has 0 saturated carbocycles. The van der Waals surface area contributed by atoms with Crippen LogP contribution in [0.2, 0.25) is 0 Å². The Morgan fingerprint density at radius 1 is 1.28 bits per heavy atom. The van der Waals surface area contributed by atoms with Crippen LogP contribution in [0.4, 0.5) is 11.5 Å². The van der Waals surface area contributed by atoms with Crippen LogP contribution in [-0.4, -0.2) is 43.5 Å². The fourth-order valence-electron chi connectivity index (χ4n) is 4.16. The smallest absolute Gasteiger partial charge is 0.154 e. The Bertz CT molecular complexity index is 1070. The molecule has 2 N–H and O–H groups in total. The standard InChI is InChI=1S/C22H25N7/c1-14-4-3-9-29(14)13-16-7-8-23-21(10-16)27-22-11-20-19(26-22)6-5-18(25-20)17-12-24-28-15(17)2/h5-8,10,12,14H,3-4,9,11,13H2,1-2H3,(H,24,28)(H,23,26,27). The van der Waals surface area contributed by atoms with Gasteiger partial charge in [-0.2, -0.15) is 5.10 Å². The quantitative estimate of drug-likeness (QED) is 0.710. The number of fused-ring (bicyclic) bond motifs is 1. The van der Waals surface area contributed by atoms with Crippen LogP contribution >= 0.6 is 0 Å². The minimum atomic E-state index is 0.656. The molecule has 148 valence electrons. The van der Waals surface area contributed by atoms with Gasteiger partial charge in [-0.3, -0.25) is 15.0 Å². The molecule has 0 aliphatic carbocycles. The number of nitrogens with one attached hydrogen (secondary N) is 2. The molecule has 29 heavy (non-hydrogen) atoms. The average molecular weight is 387 g/mol. The molecule has 2 aliphatic rings. The first-order valence-corrected chi connectivity index (χ1v) is 10.2. The Morgan fingerprint density at radius 2 is 2.21 bits per heavy atom. The Kier molecular flexibility index (Phi) is 4.60. The van der Waals surface area contributed by atoms with Gasteiger partial charge >= 0.3 is 0 Å². The summed E-state index contributed by atoms with van der Waals surface area (Å²) in [6.45, 7) is 6.45. The number of anilines is 1. The molecule has 0 radical (unpaired) electrons. The van der Waals surface area contributed by atoms with Crippen molar-refractivity contribution in [2.45, 2.75) is 45.7 Å². The maximum absolute atomic E-state index is 4.81. The van der Waals surface area contributed by atoms with Gasteiger partial charge in [-0.15, -0.1) is 0 Å². The van der Waals surface area contributed by atoms with Crippen molar-refractivity contribution in [2.75, 3.05) is 11.9 Å². The largest absolute Gasteiger partial charge is 0.342 e. The highest BCUT2D eigenvalue weighted by molar-refractivity contribution is 6.03. The van der Waals surface area contributed by atoms with E-state index in [1.165, 1.54) is 24.9 Å². The van der Waals surface area contributed by atoms with E-state index in [4.69, 9.17) is 9.98 Å². The molecule has 1 fully saturated rings. The molecule has 1 saturated heterocycles. The lowest BCUT2D eigenvalue weighted by atomic mass is 10.1. The molecular formula is C22H25N7. The number of aromatic nitrogens is 4. The second kappa shape index (κ2) is 7.40. The number of likely N-dealkylation sites (tertiary alicyclic amines) is 1. The van der Waals surface area contributed by atoms with Crippen LogP contribution in [-0.2, 0) is 13.0 Å². The predicted octanol–water partition coefficient (Wildman–Crippen LogP) is 3.86. The molecule has 5 rings (SSSR count). The van der Waals surface area contributed by atoms with Gasteiger partial charge in [0.25, 0.3) is 0 Å². The number of nitrogens with zero attached hydrogens (tertiary/aromatic N) is 5. The number of hydrogen-bond acceptors (Lipinski definition) is 5. The Balaban J connectivity index is 1.34. The van der Waals surface area contributed by atoms with Crippen molar-refractivity contribution in [3.05, 3.63) is 53.6 Å². The molecule has 3 aromatic heterocycles. The Morgan fingerprint density at radius 3 is 3.00 bits per heavy atom. The van der Waals surface area contributed by atoms with Gasteiger partial charge in [-0.1, -0.05) is 0 Å². The minimum Gasteiger partial charge on any atom is -0.342 e. The Hall–Kier alpha value is -3.06. The molecule has 0 bridgehead atoms. The molecule has 1 atom stereocenters. The fraction of sp³-hybridized carbons (Fsp3) is 0.364. The fourth-order valence-corrected chi connectivity index (χ4v) is 4.16. The third-order valence-electron chi connectivity index (χ3n) is 5.83. The summed E-state index contributed by atoms with van der Waals surface area (Å²) in [4.78, 5) is 16.5. The number of aryl methyl sites for hydroxylation is 1. The highest BCUT2D eigenvalue weighted by atomic mass is 15.2. The summed E-state index contributed by atoms with van der Waals surface area (Å²) in [5.74, 6) is 1.63. The van der Waals surface area contributed by atoms with E-state index in [1.807, 2.05) is 25.4 Å². The van der Waals surface area contributed by atoms with E-state index in [0.29, 0.717) is 12.5 Å². The third kappa shape index (κ3) is 3.65. The summed E-state index contributed by atoms with van der Waals surface area (Å²) in [6.07, 6.45) is 6.93. The van der Waals surface area contributed by atoms with Crippen molar-refractivity contribution in [3.63, 3.8) is 0 Å². The topological polar surface area (TPSA) is 82.1 Å². The van der Waals surface area contributed by atoms with Crippen LogP contribution in [0.25, 0.3) is 11.3 Å². The first-order chi connectivity index (χ1) is 14.2. The summed E-state index contributed by atoms with van der Waals surface area (Å²) in [5.41, 5.74) is 6.26. The Labute approximate surface area is 170 Å². The lowest BCUT2D eigenvalue weighted by Crippen LogP contribution is -2.26. The summed E-state index contributed by atoms with van der Waals surface area (Å²) in [6, 6.07) is 8.92. The van der Waals surface area contributed by atoms with Gasteiger partial charge in [0.2, 0.25) is 0 Å². The van der Waals surface area contributed by atoms with Crippen LogP contribution in [0.15, 0.2) is 41.7 Å². The van der Waals surface area contributed by atoms with Crippen molar-refractivity contribution < 1.29 is 0 Å². The lowest BCUT2D eigenvalue weighted by molar-refractivity contribution is 0.260. The molecule has 5 heterocycles. The van der Waals surface area contributed by atoms with E-state index in [9.17, 15) is 0 Å². The van der Waals surface area contributed by atoms with Gasteiger partial charge in [0.1, 0.15) is 5.84 Å². The second-order valence-electron chi connectivity index (χ2n) is 7.94. The van der Waals surface area contributed by atoms with Crippen LogP contribution in [0.1, 0.15) is 36.7 Å². The van der Waals surface area contributed by atoms with E-state index < -0.39 is 0 Å². The molecule has 0 spiro atoms. The minimum absolute atomic E-state index is 0.656. The molecule has 7 heteroatoms. The molecule has 1 unspecified atom stereocenters. The van der Waals surface area contributed by atoms with Gasteiger partial charge in [0.05, 0.1) is 29.7 Å². The van der Waals surface area contributed by atoms with E-state index in [1.54, 1.807) is 0 Å². The van der Waals surface area contributed by atoms with E-state index in [0.717, 1.165) is 46.5 Å². The van der Waals surface area contributed by atoms with Gasteiger partial charge in [0, 0.05) is 30.0 Å². The summed E-state index contributed by atoms with van der Waals surface area (Å²) >= 11 is 0. The van der Waals surface area contributed by atoms with E-state index in [2.05, 4.69) is 50.5 Å². The van der Waals surface area contributed by atoms with Gasteiger partial charge in [-0.25, -0.2) is 9.98 Å². The van der Waals surface area contributed by atoms with Gasteiger partial charge in [0.15, 0.2) is 5.82 Å². The average Bonchev–Trinajstić information content (AvgIpc) is 3.42. The maximum atomic E-state index is 4.81. The van der Waals surface area contributed by atoms with Crippen molar-refractivity contribution in [2.24, 2.45) is 4.99 Å². The van der Waals surface area contributed by atoms with Gasteiger partial charge < -0.3 is 5.32 Å². The SMILES string of the molecule is Cc1[nH]ncc1-c1ccc2c(n1)CC(=Nc1cc(CN3CCCC3C)ccn1)N2. The molecule has 0 amide bonds. The summed E-state index contributed by atoms with van der Waals surface area (Å²) < 4.78 is 0. The summed E-state index contributed by atoms with van der Waals surface area (Å²) in [5, 5.41) is 10.4. The monoisotopic (exact) mass is 387 g/mol. The number of rotatable bonds is 4. The second-order valence-corrected chi connectivity index (χ2v) is 7.94. The van der Waals surface area contributed by atoms with Crippen LogP contribution in [0.3, 0.4) is 0 Å². The first kappa shape index (κ1) is 18.0. The highest BCUT2D eigenvalue weighted by Crippen LogP contribution is 2.28. The van der Waals surface area contributed by atoms with Crippen molar-refractivity contribution in [1.82, 2.24) is 25.1 Å². The maximum Gasteiger partial charge on any atom is 0.154 e. The third-order valence-corrected chi connectivity index (χ3v) is 5.83. The summed E-state index contributed by atoms with van der Waals surface area (Å²) in [7, 11) is 0. The molecular weight excluding hydrogens is 362 g/mol. The van der Waals surface area contributed by atoms with Crippen LogP contribution in [0, 0.1) is 6.92 Å². The predicted molar refractivity (Wildman–Crippen MR) is 114 cm³/mol. The van der Waals surface area contributed by atoms with E-state index in [-0.39, 0.29) is 0 Å². The molecule has 0 aromatic carbocycles. The normalized spacial score (nSPS) is 20.2. The highest BCUT2D eigenvalue weighted by Gasteiger charge is 2.21. The number of H-pyrrole nitrogens is 1. The van der Waals surface area contributed by atoms with Crippen molar-refractivity contribution in [1.29, 1.82) is 0 Å². The number of amidine groups is 1. The van der Waals surface area contributed by atoms with Crippen LogP contribution in [0.5, 0.6) is 0 Å². The zero-order valence-electron chi connectivity index (χ0n) is 16.8. The molecule has 7 nitrogen and oxygen atoms in total. The van der Waals surface area contributed by atoms with Crippen molar-refractivity contribution in [3.8, 4) is 11.3 Å². The first-order valence-electron chi connectivity index (χ1n) is 10.2.